The first kappa shape index (κ1) is 25.2. The predicted molar refractivity (Wildman–Crippen MR) is 137 cm³/mol. The van der Waals surface area contributed by atoms with E-state index in [1.807, 2.05) is 32.9 Å². The van der Waals surface area contributed by atoms with Crippen LogP contribution in [0.5, 0.6) is 11.5 Å². The van der Waals surface area contributed by atoms with Crippen LogP contribution in [0.15, 0.2) is 57.4 Å². The zero-order chi connectivity index (χ0) is 25.0. The Morgan fingerprint density at radius 1 is 1.29 bits per heavy atom. The van der Waals surface area contributed by atoms with Gasteiger partial charge in [0.05, 0.1) is 24.2 Å². The Bertz CT molecular complexity index is 1340. The summed E-state index contributed by atoms with van der Waals surface area (Å²) in [5.41, 5.74) is 6.53. The number of methoxy groups -OCH3 is 1. The number of rotatable bonds is 8. The van der Waals surface area contributed by atoms with Gasteiger partial charge in [-0.15, -0.1) is 6.58 Å². The Balaban J connectivity index is 2.16. The molecule has 0 unspecified atom stereocenters. The lowest BCUT2D eigenvalue weighted by molar-refractivity contribution is -0.119. The van der Waals surface area contributed by atoms with E-state index < -0.39 is 11.3 Å². The van der Waals surface area contributed by atoms with Crippen LogP contribution in [0.25, 0.3) is 10.9 Å². The Kier molecular flexibility index (Phi) is 7.56. The number of primary amides is 1. The molecule has 0 aliphatic carbocycles. The van der Waals surface area contributed by atoms with E-state index in [2.05, 4.69) is 27.6 Å². The minimum atomic E-state index is -0.596. The number of allylic oxidation sites excluding steroid dienone is 1. The van der Waals surface area contributed by atoms with Gasteiger partial charge < -0.3 is 15.2 Å². The number of aromatic nitrogens is 2. The van der Waals surface area contributed by atoms with Crippen molar-refractivity contribution in [1.29, 1.82) is 0 Å². The van der Waals surface area contributed by atoms with Crippen molar-refractivity contribution < 1.29 is 14.3 Å². The lowest BCUT2D eigenvalue weighted by Gasteiger charge is -2.21. The van der Waals surface area contributed by atoms with Gasteiger partial charge in [0.1, 0.15) is 5.82 Å². The fraction of sp³-hybridized carbons (Fsp3) is 0.280. The highest BCUT2D eigenvalue weighted by Gasteiger charge is 2.23. The standard InChI is InChI=1S/C25H27BrN4O4/c1-6-7-16-10-15(11-20(33-5)22(16)34-14-21(27)31)13-28-30-23(32)18-12-17(26)8-9-19(18)29-24(30)25(2,3)4/h6,8-13H,1,7,14H2,2-5H3,(H2,27,31). The fourth-order valence-corrected chi connectivity index (χ4v) is 3.75. The van der Waals surface area contributed by atoms with Crippen LogP contribution in [-0.4, -0.2) is 35.5 Å². The molecule has 1 aromatic heterocycles. The second-order valence-electron chi connectivity index (χ2n) is 8.67. The maximum atomic E-state index is 13.4. The third-order valence-electron chi connectivity index (χ3n) is 4.90. The normalized spacial score (nSPS) is 11.7. The maximum Gasteiger partial charge on any atom is 0.282 e. The van der Waals surface area contributed by atoms with Crippen molar-refractivity contribution in [1.82, 2.24) is 9.66 Å². The van der Waals surface area contributed by atoms with Crippen molar-refractivity contribution in [2.75, 3.05) is 13.7 Å². The number of nitrogens with two attached hydrogens (primary N) is 1. The largest absolute Gasteiger partial charge is 0.493 e. The molecule has 9 heteroatoms. The first-order chi connectivity index (χ1) is 16.0. The van der Waals surface area contributed by atoms with Crippen LogP contribution in [0, 0.1) is 0 Å². The van der Waals surface area contributed by atoms with Gasteiger partial charge in [-0.25, -0.2) is 4.98 Å². The van der Waals surface area contributed by atoms with E-state index in [1.54, 1.807) is 30.5 Å². The molecule has 0 saturated carbocycles. The molecule has 0 atom stereocenters. The van der Waals surface area contributed by atoms with E-state index in [4.69, 9.17) is 20.2 Å². The number of carbonyl (C=O) groups excluding carboxylic acids is 1. The minimum absolute atomic E-state index is 0.271. The fourth-order valence-electron chi connectivity index (χ4n) is 3.39. The molecule has 1 amide bonds. The highest BCUT2D eigenvalue weighted by molar-refractivity contribution is 9.10. The Morgan fingerprint density at radius 3 is 2.65 bits per heavy atom. The van der Waals surface area contributed by atoms with Crippen molar-refractivity contribution in [3.63, 3.8) is 0 Å². The summed E-state index contributed by atoms with van der Waals surface area (Å²) in [5.74, 6) is 0.749. The van der Waals surface area contributed by atoms with Gasteiger partial charge in [0.2, 0.25) is 0 Å². The average Bonchev–Trinajstić information content (AvgIpc) is 2.77. The van der Waals surface area contributed by atoms with Crippen LogP contribution in [-0.2, 0) is 16.6 Å². The molecule has 2 N–H and O–H groups in total. The first-order valence-corrected chi connectivity index (χ1v) is 11.3. The van der Waals surface area contributed by atoms with Crippen molar-refractivity contribution >= 4 is 39.0 Å². The van der Waals surface area contributed by atoms with Crippen molar-refractivity contribution in [3.8, 4) is 11.5 Å². The summed E-state index contributed by atoms with van der Waals surface area (Å²) in [5, 5.41) is 4.97. The van der Waals surface area contributed by atoms with Crippen molar-refractivity contribution in [3.05, 3.63) is 74.8 Å². The molecule has 3 rings (SSSR count). The predicted octanol–water partition coefficient (Wildman–Crippen LogP) is 3.94. The molecule has 3 aromatic rings. The zero-order valence-electron chi connectivity index (χ0n) is 19.6. The van der Waals surface area contributed by atoms with Gasteiger partial charge >= 0.3 is 0 Å². The van der Waals surface area contributed by atoms with E-state index in [-0.39, 0.29) is 12.2 Å². The van der Waals surface area contributed by atoms with Gasteiger partial charge in [0.15, 0.2) is 18.1 Å². The number of hydrogen-bond donors (Lipinski definition) is 1. The Morgan fingerprint density at radius 2 is 2.03 bits per heavy atom. The van der Waals surface area contributed by atoms with Gasteiger partial charge in [0.25, 0.3) is 11.5 Å². The smallest absolute Gasteiger partial charge is 0.282 e. The molecule has 0 saturated heterocycles. The van der Waals surface area contributed by atoms with Crippen LogP contribution in [0.4, 0.5) is 0 Å². The Hall–Kier alpha value is -3.46. The van der Waals surface area contributed by atoms with Crippen molar-refractivity contribution in [2.24, 2.45) is 10.8 Å². The molecule has 0 spiro atoms. The average molecular weight is 527 g/mol. The lowest BCUT2D eigenvalue weighted by atomic mass is 9.95. The monoisotopic (exact) mass is 526 g/mol. The highest BCUT2D eigenvalue weighted by Crippen LogP contribution is 2.33. The summed E-state index contributed by atoms with van der Waals surface area (Å²) in [6.45, 7) is 9.42. The highest BCUT2D eigenvalue weighted by atomic mass is 79.9. The molecule has 8 nitrogen and oxygen atoms in total. The summed E-state index contributed by atoms with van der Waals surface area (Å²) in [6.07, 6.45) is 3.74. The van der Waals surface area contributed by atoms with Crippen LogP contribution >= 0.6 is 15.9 Å². The number of ether oxygens (including phenoxy) is 2. The second-order valence-corrected chi connectivity index (χ2v) is 9.58. The zero-order valence-corrected chi connectivity index (χ0v) is 21.2. The van der Waals surface area contributed by atoms with Crippen LogP contribution in [0.2, 0.25) is 0 Å². The van der Waals surface area contributed by atoms with Crippen LogP contribution < -0.4 is 20.8 Å². The first-order valence-electron chi connectivity index (χ1n) is 10.5. The molecule has 1 heterocycles. The van der Waals surface area contributed by atoms with Crippen LogP contribution in [0.3, 0.4) is 0 Å². The topological polar surface area (TPSA) is 109 Å². The molecule has 34 heavy (non-hydrogen) atoms. The van der Waals surface area contributed by atoms with E-state index >= 15 is 0 Å². The summed E-state index contributed by atoms with van der Waals surface area (Å²) >= 11 is 3.41. The number of nitrogens with zero attached hydrogens (tertiary/aromatic N) is 3. The third-order valence-corrected chi connectivity index (χ3v) is 5.39. The molecule has 0 aliphatic heterocycles. The van der Waals surface area contributed by atoms with E-state index in [0.717, 1.165) is 10.0 Å². The SMILES string of the molecule is C=CCc1cc(C=Nn2c(C(C)(C)C)nc3ccc(Br)cc3c2=O)cc(OC)c1OCC(N)=O. The number of fused-ring (bicyclic) bond motifs is 1. The molecular formula is C25H27BrN4O4. The van der Waals surface area contributed by atoms with Gasteiger partial charge in [-0.05, 0) is 42.3 Å². The number of carbonyl (C=O) groups is 1. The summed E-state index contributed by atoms with van der Waals surface area (Å²) in [6, 6.07) is 8.93. The lowest BCUT2D eigenvalue weighted by Crippen LogP contribution is -2.29. The van der Waals surface area contributed by atoms with E-state index in [0.29, 0.717) is 40.2 Å². The van der Waals surface area contributed by atoms with Gasteiger partial charge in [0, 0.05) is 15.5 Å². The molecular weight excluding hydrogens is 500 g/mol. The molecule has 0 fully saturated rings. The quantitative estimate of drug-likeness (QED) is 0.353. The van der Waals surface area contributed by atoms with Gasteiger partial charge in [-0.1, -0.05) is 42.8 Å². The molecule has 0 radical (unpaired) electrons. The van der Waals surface area contributed by atoms with Crippen LogP contribution in [0.1, 0.15) is 37.7 Å². The summed E-state index contributed by atoms with van der Waals surface area (Å²) in [7, 11) is 1.50. The Labute approximate surface area is 206 Å². The van der Waals surface area contributed by atoms with E-state index in [9.17, 15) is 9.59 Å². The minimum Gasteiger partial charge on any atom is -0.493 e. The summed E-state index contributed by atoms with van der Waals surface area (Å²) < 4.78 is 13.1. The number of benzene rings is 2. The molecule has 178 valence electrons. The second kappa shape index (κ2) is 10.2. The summed E-state index contributed by atoms with van der Waals surface area (Å²) in [4.78, 5) is 29.3. The van der Waals surface area contributed by atoms with Gasteiger partial charge in [-0.2, -0.15) is 9.78 Å². The number of amides is 1. The molecule has 0 aliphatic rings. The maximum absolute atomic E-state index is 13.4. The third kappa shape index (κ3) is 5.53. The number of hydrogen-bond acceptors (Lipinski definition) is 6. The molecule has 0 bridgehead atoms. The van der Waals surface area contributed by atoms with Gasteiger partial charge in [-0.3, -0.25) is 9.59 Å². The van der Waals surface area contributed by atoms with Crippen molar-refractivity contribution in [2.45, 2.75) is 32.6 Å². The number of halogens is 1. The molecule has 2 aromatic carbocycles. The van der Waals surface area contributed by atoms with E-state index in [1.165, 1.54) is 11.8 Å².